The molecular weight excluding hydrogens is 296 g/mol. The second-order valence-corrected chi connectivity index (χ2v) is 5.72. The number of hydrogen-bond acceptors (Lipinski definition) is 4. The van der Waals surface area contributed by atoms with Crippen LogP contribution in [0.4, 0.5) is 0 Å². The van der Waals surface area contributed by atoms with E-state index in [2.05, 4.69) is 5.32 Å². The number of hydrogen-bond donors (Lipinski definition) is 1. The molecule has 23 heavy (non-hydrogen) atoms. The van der Waals surface area contributed by atoms with E-state index in [9.17, 15) is 9.59 Å². The SMILES string of the molecule is COc1ccc(CCN(CC(=O)NC2CC2)C(C)=O)cc1OC. The van der Waals surface area contributed by atoms with Crippen molar-refractivity contribution in [2.75, 3.05) is 27.3 Å². The molecule has 0 unspecified atom stereocenters. The molecule has 0 radical (unpaired) electrons. The zero-order valence-electron chi connectivity index (χ0n) is 13.9. The lowest BCUT2D eigenvalue weighted by atomic mass is 10.1. The van der Waals surface area contributed by atoms with Crippen LogP contribution in [0.1, 0.15) is 25.3 Å². The van der Waals surface area contributed by atoms with Gasteiger partial charge in [0, 0.05) is 19.5 Å². The summed E-state index contributed by atoms with van der Waals surface area (Å²) in [4.78, 5) is 25.2. The predicted molar refractivity (Wildman–Crippen MR) is 86.7 cm³/mol. The van der Waals surface area contributed by atoms with Crippen molar-refractivity contribution in [1.82, 2.24) is 10.2 Å². The third-order valence-electron chi connectivity index (χ3n) is 3.84. The van der Waals surface area contributed by atoms with Crippen LogP contribution < -0.4 is 14.8 Å². The zero-order valence-corrected chi connectivity index (χ0v) is 13.9. The summed E-state index contributed by atoms with van der Waals surface area (Å²) in [5.74, 6) is 1.14. The summed E-state index contributed by atoms with van der Waals surface area (Å²) in [6, 6.07) is 5.97. The first-order valence-corrected chi connectivity index (χ1v) is 7.79. The Morgan fingerprint density at radius 2 is 1.91 bits per heavy atom. The average Bonchev–Trinajstić information content (AvgIpc) is 3.34. The summed E-state index contributed by atoms with van der Waals surface area (Å²) < 4.78 is 10.5. The van der Waals surface area contributed by atoms with E-state index in [0.717, 1.165) is 18.4 Å². The Kier molecular flexibility index (Phi) is 5.84. The minimum atomic E-state index is -0.101. The van der Waals surface area contributed by atoms with Crippen LogP contribution in [0, 0.1) is 0 Å². The van der Waals surface area contributed by atoms with Crippen molar-refractivity contribution in [2.24, 2.45) is 0 Å². The molecule has 0 bridgehead atoms. The maximum Gasteiger partial charge on any atom is 0.239 e. The largest absolute Gasteiger partial charge is 0.493 e. The highest BCUT2D eigenvalue weighted by Crippen LogP contribution is 2.27. The van der Waals surface area contributed by atoms with Gasteiger partial charge < -0.3 is 19.7 Å². The van der Waals surface area contributed by atoms with Crippen molar-refractivity contribution in [2.45, 2.75) is 32.2 Å². The highest BCUT2D eigenvalue weighted by molar-refractivity contribution is 5.84. The van der Waals surface area contributed by atoms with Crippen LogP contribution in [-0.2, 0) is 16.0 Å². The fraction of sp³-hybridized carbons (Fsp3) is 0.529. The van der Waals surface area contributed by atoms with Crippen LogP contribution in [0.5, 0.6) is 11.5 Å². The van der Waals surface area contributed by atoms with E-state index in [1.54, 1.807) is 19.1 Å². The molecule has 1 aromatic carbocycles. The molecule has 1 fully saturated rings. The first-order chi connectivity index (χ1) is 11.0. The number of amides is 2. The molecule has 6 nitrogen and oxygen atoms in total. The molecule has 0 aliphatic heterocycles. The van der Waals surface area contributed by atoms with Crippen molar-refractivity contribution in [3.8, 4) is 11.5 Å². The Morgan fingerprint density at radius 3 is 2.48 bits per heavy atom. The molecule has 0 aromatic heterocycles. The number of methoxy groups -OCH3 is 2. The number of ether oxygens (including phenoxy) is 2. The lowest BCUT2D eigenvalue weighted by Crippen LogP contribution is -2.41. The van der Waals surface area contributed by atoms with E-state index < -0.39 is 0 Å². The van der Waals surface area contributed by atoms with Crippen molar-refractivity contribution in [3.05, 3.63) is 23.8 Å². The number of nitrogens with one attached hydrogen (secondary N) is 1. The van der Waals surface area contributed by atoms with E-state index >= 15 is 0 Å². The Morgan fingerprint density at radius 1 is 1.22 bits per heavy atom. The number of carbonyl (C=O) groups is 2. The van der Waals surface area contributed by atoms with Crippen LogP contribution in [0.25, 0.3) is 0 Å². The fourth-order valence-corrected chi connectivity index (χ4v) is 2.32. The Balaban J connectivity index is 1.92. The minimum absolute atomic E-state index is 0.0880. The van der Waals surface area contributed by atoms with Gasteiger partial charge >= 0.3 is 0 Å². The van der Waals surface area contributed by atoms with Crippen molar-refractivity contribution in [1.29, 1.82) is 0 Å². The van der Waals surface area contributed by atoms with E-state index in [1.807, 2.05) is 18.2 Å². The molecule has 2 rings (SSSR count). The lowest BCUT2D eigenvalue weighted by Gasteiger charge is -2.21. The number of carbonyl (C=O) groups excluding carboxylic acids is 2. The van der Waals surface area contributed by atoms with E-state index in [4.69, 9.17) is 9.47 Å². The maximum absolute atomic E-state index is 11.9. The minimum Gasteiger partial charge on any atom is -0.493 e. The topological polar surface area (TPSA) is 67.9 Å². The summed E-state index contributed by atoms with van der Waals surface area (Å²) in [5, 5.41) is 2.90. The van der Waals surface area contributed by atoms with E-state index in [0.29, 0.717) is 30.5 Å². The maximum atomic E-state index is 11.9. The van der Waals surface area contributed by atoms with Gasteiger partial charge in [-0.2, -0.15) is 0 Å². The van der Waals surface area contributed by atoms with Crippen molar-refractivity contribution >= 4 is 11.8 Å². The lowest BCUT2D eigenvalue weighted by molar-refractivity contribution is -0.134. The molecule has 1 N–H and O–H groups in total. The molecule has 0 heterocycles. The Bertz CT molecular complexity index is 570. The molecule has 6 heteroatoms. The highest BCUT2D eigenvalue weighted by atomic mass is 16.5. The van der Waals surface area contributed by atoms with Crippen LogP contribution in [-0.4, -0.2) is 50.1 Å². The van der Waals surface area contributed by atoms with Gasteiger partial charge in [0.15, 0.2) is 11.5 Å². The second kappa shape index (κ2) is 7.85. The number of benzene rings is 1. The quantitative estimate of drug-likeness (QED) is 0.785. The summed E-state index contributed by atoms with van der Waals surface area (Å²) in [6.45, 7) is 2.08. The predicted octanol–water partition coefficient (Wildman–Crippen LogP) is 1.37. The molecule has 0 saturated heterocycles. The molecule has 1 aliphatic rings. The monoisotopic (exact) mass is 320 g/mol. The summed E-state index contributed by atoms with van der Waals surface area (Å²) in [7, 11) is 3.18. The summed E-state index contributed by atoms with van der Waals surface area (Å²) in [6.07, 6.45) is 2.73. The summed E-state index contributed by atoms with van der Waals surface area (Å²) >= 11 is 0. The molecule has 2 amide bonds. The van der Waals surface area contributed by atoms with Crippen molar-refractivity contribution in [3.63, 3.8) is 0 Å². The van der Waals surface area contributed by atoms with Crippen LogP contribution in [0.15, 0.2) is 18.2 Å². The molecular formula is C17H24N2O4. The third-order valence-corrected chi connectivity index (χ3v) is 3.84. The number of nitrogens with zero attached hydrogens (tertiary/aromatic N) is 1. The van der Waals surface area contributed by atoms with Crippen LogP contribution in [0.2, 0.25) is 0 Å². The Hall–Kier alpha value is -2.24. The normalized spacial score (nSPS) is 13.3. The van der Waals surface area contributed by atoms with Gasteiger partial charge in [-0.1, -0.05) is 6.07 Å². The van der Waals surface area contributed by atoms with Crippen LogP contribution in [0.3, 0.4) is 0 Å². The first kappa shape index (κ1) is 17.1. The standard InChI is InChI=1S/C17H24N2O4/c1-12(20)19(11-17(21)18-14-5-6-14)9-8-13-4-7-15(22-2)16(10-13)23-3/h4,7,10,14H,5-6,8-9,11H2,1-3H3,(H,18,21). The van der Waals surface area contributed by atoms with Gasteiger partial charge in [0.05, 0.1) is 20.8 Å². The van der Waals surface area contributed by atoms with Gasteiger partial charge in [0.2, 0.25) is 11.8 Å². The zero-order chi connectivity index (χ0) is 16.8. The smallest absolute Gasteiger partial charge is 0.239 e. The first-order valence-electron chi connectivity index (χ1n) is 7.79. The third kappa shape index (κ3) is 5.16. The average molecular weight is 320 g/mol. The van der Waals surface area contributed by atoms with E-state index in [-0.39, 0.29) is 18.4 Å². The second-order valence-electron chi connectivity index (χ2n) is 5.72. The van der Waals surface area contributed by atoms with Gasteiger partial charge in [-0.25, -0.2) is 0 Å². The number of rotatable bonds is 8. The summed E-state index contributed by atoms with van der Waals surface area (Å²) in [5.41, 5.74) is 1.02. The van der Waals surface area contributed by atoms with Crippen molar-refractivity contribution < 1.29 is 19.1 Å². The molecule has 0 atom stereocenters. The van der Waals surface area contributed by atoms with Gasteiger partial charge in [-0.05, 0) is 37.0 Å². The molecule has 1 saturated carbocycles. The van der Waals surface area contributed by atoms with Gasteiger partial charge in [0.1, 0.15) is 0 Å². The molecule has 1 aromatic rings. The van der Waals surface area contributed by atoms with E-state index in [1.165, 1.54) is 6.92 Å². The molecule has 0 spiro atoms. The van der Waals surface area contributed by atoms with Gasteiger partial charge in [0.25, 0.3) is 0 Å². The highest BCUT2D eigenvalue weighted by Gasteiger charge is 2.24. The van der Waals surface area contributed by atoms with Gasteiger partial charge in [-0.3, -0.25) is 9.59 Å². The molecule has 126 valence electrons. The Labute approximate surface area is 136 Å². The van der Waals surface area contributed by atoms with Gasteiger partial charge in [-0.15, -0.1) is 0 Å². The molecule has 1 aliphatic carbocycles. The van der Waals surface area contributed by atoms with Crippen LogP contribution >= 0.6 is 0 Å². The fourth-order valence-electron chi connectivity index (χ4n) is 2.32.